The standard InChI is InChI=1S/C23H19FN2O3S2/c24-19-10-6-18(7-11-19)23-22(17-8-12-20(13-9-17)31(25,27)28)26-21(30-23)15-29-14-16-4-2-1-3-5-16/h1-13H,14-15H2,(H2,25,27,28). The molecular formula is C23H19FN2O3S2. The molecule has 0 saturated heterocycles. The van der Waals surface area contributed by atoms with Gasteiger partial charge in [0.25, 0.3) is 0 Å². The maximum absolute atomic E-state index is 13.4. The number of ether oxygens (including phenoxy) is 1. The van der Waals surface area contributed by atoms with Crippen molar-refractivity contribution >= 4 is 21.4 Å². The van der Waals surface area contributed by atoms with E-state index < -0.39 is 10.0 Å². The molecule has 1 heterocycles. The Morgan fingerprint density at radius 2 is 1.52 bits per heavy atom. The summed E-state index contributed by atoms with van der Waals surface area (Å²) < 4.78 is 42.3. The Hall–Kier alpha value is -2.91. The Labute approximate surface area is 184 Å². The molecule has 0 bridgehead atoms. The molecule has 0 aliphatic rings. The lowest BCUT2D eigenvalue weighted by molar-refractivity contribution is 0.107. The number of aromatic nitrogens is 1. The minimum Gasteiger partial charge on any atom is -0.370 e. The molecule has 0 fully saturated rings. The zero-order valence-electron chi connectivity index (χ0n) is 16.4. The van der Waals surface area contributed by atoms with E-state index in [4.69, 9.17) is 14.9 Å². The molecule has 0 radical (unpaired) electrons. The van der Waals surface area contributed by atoms with Crippen LogP contribution in [0.15, 0.2) is 83.8 Å². The number of sulfonamides is 1. The van der Waals surface area contributed by atoms with Crippen molar-refractivity contribution in [2.24, 2.45) is 5.14 Å². The highest BCUT2D eigenvalue weighted by atomic mass is 32.2. The molecule has 8 heteroatoms. The fourth-order valence-electron chi connectivity index (χ4n) is 3.05. The Morgan fingerprint density at radius 1 is 0.871 bits per heavy atom. The number of rotatable bonds is 7. The van der Waals surface area contributed by atoms with E-state index in [9.17, 15) is 12.8 Å². The average molecular weight is 455 g/mol. The van der Waals surface area contributed by atoms with Crippen molar-refractivity contribution in [1.82, 2.24) is 4.98 Å². The van der Waals surface area contributed by atoms with Crippen molar-refractivity contribution in [3.63, 3.8) is 0 Å². The summed E-state index contributed by atoms with van der Waals surface area (Å²) in [7, 11) is -3.78. The van der Waals surface area contributed by atoms with Gasteiger partial charge in [0.2, 0.25) is 10.0 Å². The number of hydrogen-bond donors (Lipinski definition) is 1. The van der Waals surface area contributed by atoms with Gasteiger partial charge in [-0.3, -0.25) is 0 Å². The van der Waals surface area contributed by atoms with E-state index >= 15 is 0 Å². The lowest BCUT2D eigenvalue weighted by atomic mass is 10.1. The predicted molar refractivity (Wildman–Crippen MR) is 119 cm³/mol. The molecule has 158 valence electrons. The smallest absolute Gasteiger partial charge is 0.238 e. The molecule has 0 unspecified atom stereocenters. The molecule has 4 aromatic rings. The summed E-state index contributed by atoms with van der Waals surface area (Å²) in [5.41, 5.74) is 3.29. The van der Waals surface area contributed by atoms with E-state index in [1.807, 2.05) is 30.3 Å². The van der Waals surface area contributed by atoms with Gasteiger partial charge in [0.15, 0.2) is 0 Å². The molecule has 0 amide bonds. The molecule has 0 atom stereocenters. The largest absolute Gasteiger partial charge is 0.370 e. The number of nitrogens with two attached hydrogens (primary N) is 1. The number of nitrogens with zero attached hydrogens (tertiary/aromatic N) is 1. The van der Waals surface area contributed by atoms with Crippen LogP contribution in [0.3, 0.4) is 0 Å². The van der Waals surface area contributed by atoms with Gasteiger partial charge in [-0.15, -0.1) is 11.3 Å². The van der Waals surface area contributed by atoms with Gasteiger partial charge >= 0.3 is 0 Å². The summed E-state index contributed by atoms with van der Waals surface area (Å²) in [6, 6.07) is 22.3. The molecule has 4 rings (SSSR count). The van der Waals surface area contributed by atoms with Crippen molar-refractivity contribution < 1.29 is 17.5 Å². The highest BCUT2D eigenvalue weighted by molar-refractivity contribution is 7.89. The predicted octanol–water partition coefficient (Wildman–Crippen LogP) is 4.98. The molecule has 5 nitrogen and oxygen atoms in total. The van der Waals surface area contributed by atoms with E-state index in [-0.39, 0.29) is 10.7 Å². The lowest BCUT2D eigenvalue weighted by Crippen LogP contribution is -2.11. The Balaban J connectivity index is 1.64. The van der Waals surface area contributed by atoms with Gasteiger partial charge < -0.3 is 4.74 Å². The first-order valence-electron chi connectivity index (χ1n) is 9.41. The fraction of sp³-hybridized carbons (Fsp3) is 0.0870. The molecule has 0 aliphatic heterocycles. The first kappa shape index (κ1) is 21.3. The minimum atomic E-state index is -3.78. The van der Waals surface area contributed by atoms with Crippen LogP contribution in [0.5, 0.6) is 0 Å². The highest BCUT2D eigenvalue weighted by Crippen LogP contribution is 2.37. The van der Waals surface area contributed by atoms with Gasteiger partial charge in [-0.1, -0.05) is 54.6 Å². The van der Waals surface area contributed by atoms with Crippen LogP contribution in [-0.4, -0.2) is 13.4 Å². The van der Waals surface area contributed by atoms with Crippen LogP contribution in [0, 0.1) is 5.82 Å². The first-order chi connectivity index (χ1) is 14.9. The van der Waals surface area contributed by atoms with E-state index in [1.165, 1.54) is 35.6 Å². The van der Waals surface area contributed by atoms with Crippen molar-refractivity contribution in [3.05, 3.63) is 95.3 Å². The third-order valence-corrected chi connectivity index (χ3v) is 6.58. The summed E-state index contributed by atoms with van der Waals surface area (Å²) in [5, 5.41) is 5.96. The van der Waals surface area contributed by atoms with Crippen molar-refractivity contribution in [1.29, 1.82) is 0 Å². The molecular weight excluding hydrogens is 435 g/mol. The maximum atomic E-state index is 13.4. The van der Waals surface area contributed by atoms with E-state index in [1.54, 1.807) is 24.3 Å². The second-order valence-corrected chi connectivity index (χ2v) is 9.49. The number of halogens is 1. The van der Waals surface area contributed by atoms with Gasteiger partial charge in [0, 0.05) is 5.56 Å². The van der Waals surface area contributed by atoms with Crippen molar-refractivity contribution in [2.45, 2.75) is 18.1 Å². The van der Waals surface area contributed by atoms with E-state index in [0.717, 1.165) is 26.6 Å². The van der Waals surface area contributed by atoms with Crippen LogP contribution in [0.25, 0.3) is 21.7 Å². The summed E-state index contributed by atoms with van der Waals surface area (Å²) >= 11 is 1.46. The number of primary sulfonamides is 1. The summed E-state index contributed by atoms with van der Waals surface area (Å²) in [6.07, 6.45) is 0. The Morgan fingerprint density at radius 3 is 2.16 bits per heavy atom. The van der Waals surface area contributed by atoms with Gasteiger partial charge in [-0.05, 0) is 35.4 Å². The van der Waals surface area contributed by atoms with Gasteiger partial charge in [-0.2, -0.15) is 0 Å². The normalized spacial score (nSPS) is 11.5. The molecule has 1 aromatic heterocycles. The van der Waals surface area contributed by atoms with Gasteiger partial charge in [0.1, 0.15) is 10.8 Å². The molecule has 0 spiro atoms. The fourth-order valence-corrected chi connectivity index (χ4v) is 4.60. The first-order valence-corrected chi connectivity index (χ1v) is 11.8. The molecule has 0 saturated carbocycles. The summed E-state index contributed by atoms with van der Waals surface area (Å²) in [4.78, 5) is 5.60. The monoisotopic (exact) mass is 454 g/mol. The molecule has 31 heavy (non-hydrogen) atoms. The zero-order valence-corrected chi connectivity index (χ0v) is 18.0. The van der Waals surface area contributed by atoms with Gasteiger partial charge in [0.05, 0.1) is 28.7 Å². The van der Waals surface area contributed by atoms with Crippen LogP contribution >= 0.6 is 11.3 Å². The highest BCUT2D eigenvalue weighted by Gasteiger charge is 2.16. The third kappa shape index (κ3) is 5.23. The second-order valence-electron chi connectivity index (χ2n) is 6.84. The minimum absolute atomic E-state index is 0.0289. The van der Waals surface area contributed by atoms with Crippen LogP contribution in [0.4, 0.5) is 4.39 Å². The average Bonchev–Trinajstić information content (AvgIpc) is 3.19. The summed E-state index contributed by atoms with van der Waals surface area (Å²) in [6.45, 7) is 0.785. The number of thiazole rings is 1. The van der Waals surface area contributed by atoms with Crippen LogP contribution < -0.4 is 5.14 Å². The maximum Gasteiger partial charge on any atom is 0.238 e. The SMILES string of the molecule is NS(=O)(=O)c1ccc(-c2nc(COCc3ccccc3)sc2-c2ccc(F)cc2)cc1. The van der Waals surface area contributed by atoms with Crippen molar-refractivity contribution in [2.75, 3.05) is 0 Å². The topological polar surface area (TPSA) is 82.3 Å². The number of benzene rings is 3. The third-order valence-electron chi connectivity index (χ3n) is 4.57. The van der Waals surface area contributed by atoms with E-state index in [0.29, 0.717) is 18.9 Å². The van der Waals surface area contributed by atoms with E-state index in [2.05, 4.69) is 0 Å². The molecule has 3 aromatic carbocycles. The Kier molecular flexibility index (Phi) is 6.24. The van der Waals surface area contributed by atoms with Gasteiger partial charge in [-0.25, -0.2) is 22.9 Å². The lowest BCUT2D eigenvalue weighted by Gasteiger charge is -2.04. The van der Waals surface area contributed by atoms with Crippen LogP contribution in [0.1, 0.15) is 10.6 Å². The molecule has 2 N–H and O–H groups in total. The quantitative estimate of drug-likeness (QED) is 0.427. The summed E-state index contributed by atoms with van der Waals surface area (Å²) in [5.74, 6) is -0.321. The zero-order chi connectivity index (χ0) is 21.8. The Bertz CT molecular complexity index is 1270. The second kappa shape index (κ2) is 9.07. The van der Waals surface area contributed by atoms with Crippen LogP contribution in [0.2, 0.25) is 0 Å². The van der Waals surface area contributed by atoms with Crippen LogP contribution in [-0.2, 0) is 28.0 Å². The number of hydrogen-bond acceptors (Lipinski definition) is 5. The molecule has 0 aliphatic carbocycles. The van der Waals surface area contributed by atoms with Crippen molar-refractivity contribution in [3.8, 4) is 21.7 Å².